The van der Waals surface area contributed by atoms with Crippen molar-refractivity contribution in [2.24, 2.45) is 17.8 Å². The van der Waals surface area contributed by atoms with E-state index in [1.165, 1.54) is 0 Å². The van der Waals surface area contributed by atoms with Gasteiger partial charge in [0.05, 0.1) is 18.1 Å². The minimum Gasteiger partial charge on any atom is -0.444 e. The van der Waals surface area contributed by atoms with Crippen LogP contribution < -0.4 is 0 Å². The van der Waals surface area contributed by atoms with Gasteiger partial charge in [-0.25, -0.2) is 0 Å². The molecule has 24 heavy (non-hydrogen) atoms. The lowest BCUT2D eigenvalue weighted by Gasteiger charge is -2.38. The van der Waals surface area contributed by atoms with Crippen LogP contribution in [0, 0.1) is 17.8 Å². The molecule has 138 valence electrons. The number of carbonyl (C=O) groups is 1. The number of hydrogen-bond donors (Lipinski definition) is 1. The van der Waals surface area contributed by atoms with Crippen molar-refractivity contribution in [2.75, 3.05) is 0 Å². The number of esters is 1. The largest absolute Gasteiger partial charge is 0.444 e. The molecule has 4 fully saturated rings. The molecule has 2 bridgehead atoms. The molecule has 0 radical (unpaired) electrons. The third kappa shape index (κ3) is 2.77. The summed E-state index contributed by atoms with van der Waals surface area (Å²) in [5.41, 5.74) is 0. The summed E-state index contributed by atoms with van der Waals surface area (Å²) in [5.74, 6) is -3.09. The second kappa shape index (κ2) is 5.24. The van der Waals surface area contributed by atoms with E-state index in [9.17, 15) is 35.2 Å². The fourth-order valence-electron chi connectivity index (χ4n) is 3.71. The van der Waals surface area contributed by atoms with Crippen LogP contribution in [0.4, 0.5) is 22.0 Å². The van der Waals surface area contributed by atoms with Gasteiger partial charge in [-0.2, -0.15) is 30.4 Å². The quantitative estimate of drug-likeness (QED) is 0.346. The standard InChI is InChI=1S/C12H13F5O6S/c13-11(14,15)10(12(16,17)24(19,20)21)23-9(18)6-3-4-1-2-5(6)8-7(4)22-8/h4-8,10H,1-3H2,(H,19,20,21). The van der Waals surface area contributed by atoms with Gasteiger partial charge >= 0.3 is 27.5 Å². The van der Waals surface area contributed by atoms with Crippen molar-refractivity contribution >= 4 is 16.1 Å². The average Bonchev–Trinajstić information content (AvgIpc) is 3.23. The maximum atomic E-state index is 13.4. The average molecular weight is 380 g/mol. The lowest BCUT2D eigenvalue weighted by Crippen LogP contribution is -2.53. The summed E-state index contributed by atoms with van der Waals surface area (Å²) in [6.45, 7) is 0. The van der Waals surface area contributed by atoms with E-state index in [4.69, 9.17) is 9.29 Å². The Morgan fingerprint density at radius 2 is 1.79 bits per heavy atom. The van der Waals surface area contributed by atoms with Gasteiger partial charge in [-0.05, 0) is 25.2 Å². The molecule has 6 atom stereocenters. The van der Waals surface area contributed by atoms with Crippen LogP contribution in [0.2, 0.25) is 0 Å². The Hall–Kier alpha value is -1.01. The molecule has 1 saturated heterocycles. The van der Waals surface area contributed by atoms with Crippen molar-refractivity contribution in [2.45, 2.75) is 49.0 Å². The van der Waals surface area contributed by atoms with Crippen LogP contribution in [-0.2, 0) is 24.4 Å². The van der Waals surface area contributed by atoms with E-state index in [-0.39, 0.29) is 24.5 Å². The second-order valence-corrected chi connectivity index (χ2v) is 7.80. The summed E-state index contributed by atoms with van der Waals surface area (Å²) in [6, 6.07) is 0. The van der Waals surface area contributed by atoms with E-state index in [1.807, 2.05) is 0 Å². The van der Waals surface area contributed by atoms with Gasteiger partial charge in [0, 0.05) is 5.92 Å². The zero-order chi connectivity index (χ0) is 18.1. The maximum Gasteiger partial charge on any atom is 0.432 e. The number of carbonyl (C=O) groups excluding carboxylic acids is 1. The molecule has 0 aromatic carbocycles. The monoisotopic (exact) mass is 380 g/mol. The molecule has 1 N–H and O–H groups in total. The van der Waals surface area contributed by atoms with Crippen molar-refractivity contribution in [3.63, 3.8) is 0 Å². The van der Waals surface area contributed by atoms with Crippen molar-refractivity contribution in [1.29, 1.82) is 0 Å². The van der Waals surface area contributed by atoms with Gasteiger partial charge in [-0.3, -0.25) is 9.35 Å². The molecule has 0 amide bonds. The van der Waals surface area contributed by atoms with Crippen molar-refractivity contribution in [3.05, 3.63) is 0 Å². The third-order valence-electron chi connectivity index (χ3n) is 4.88. The van der Waals surface area contributed by atoms with Gasteiger partial charge in [0.2, 0.25) is 0 Å². The molecule has 0 spiro atoms. The molecule has 1 heterocycles. The van der Waals surface area contributed by atoms with Gasteiger partial charge in [0.15, 0.2) is 0 Å². The lowest BCUT2D eigenvalue weighted by molar-refractivity contribution is -0.262. The molecule has 6 unspecified atom stereocenters. The van der Waals surface area contributed by atoms with Crippen LogP contribution in [0.25, 0.3) is 0 Å². The predicted molar refractivity (Wildman–Crippen MR) is 65.4 cm³/mol. The summed E-state index contributed by atoms with van der Waals surface area (Å²) < 4.78 is 104. The van der Waals surface area contributed by atoms with E-state index >= 15 is 0 Å². The van der Waals surface area contributed by atoms with Crippen LogP contribution in [-0.4, -0.2) is 48.7 Å². The summed E-state index contributed by atoms with van der Waals surface area (Å²) in [7, 11) is -6.43. The molecular formula is C12H13F5O6S. The second-order valence-electron chi connectivity index (χ2n) is 6.30. The van der Waals surface area contributed by atoms with Crippen LogP contribution in [0.1, 0.15) is 19.3 Å². The first-order chi connectivity index (χ1) is 10.8. The Morgan fingerprint density at radius 3 is 2.29 bits per heavy atom. The van der Waals surface area contributed by atoms with E-state index in [2.05, 4.69) is 4.74 Å². The topological polar surface area (TPSA) is 93.2 Å². The Kier molecular flexibility index (Phi) is 3.89. The van der Waals surface area contributed by atoms with E-state index in [0.717, 1.165) is 6.42 Å². The van der Waals surface area contributed by atoms with Gasteiger partial charge in [0.1, 0.15) is 0 Å². The minimum absolute atomic E-state index is 0.0505. The number of halogens is 5. The van der Waals surface area contributed by atoms with Gasteiger partial charge < -0.3 is 9.47 Å². The molecule has 0 aromatic rings. The van der Waals surface area contributed by atoms with Crippen LogP contribution in [0.15, 0.2) is 0 Å². The van der Waals surface area contributed by atoms with E-state index in [1.54, 1.807) is 0 Å². The van der Waals surface area contributed by atoms with Gasteiger partial charge in [0.25, 0.3) is 6.10 Å². The molecule has 3 aliphatic carbocycles. The summed E-state index contributed by atoms with van der Waals surface area (Å²) in [4.78, 5) is 12.0. The van der Waals surface area contributed by atoms with Gasteiger partial charge in [-0.1, -0.05) is 0 Å². The Bertz CT molecular complexity index is 647. The summed E-state index contributed by atoms with van der Waals surface area (Å²) >= 11 is 0. The zero-order valence-corrected chi connectivity index (χ0v) is 12.7. The highest BCUT2D eigenvalue weighted by atomic mass is 32.2. The Morgan fingerprint density at radius 1 is 1.17 bits per heavy atom. The number of fused-ring (bicyclic) bond motifs is 2. The Labute approximate surface area is 133 Å². The number of ether oxygens (including phenoxy) is 2. The molecule has 3 saturated carbocycles. The van der Waals surface area contributed by atoms with E-state index < -0.39 is 45.5 Å². The molecule has 1 aliphatic heterocycles. The summed E-state index contributed by atoms with van der Waals surface area (Å²) in [5, 5.41) is -5.70. The fourth-order valence-corrected chi connectivity index (χ4v) is 4.17. The van der Waals surface area contributed by atoms with Crippen molar-refractivity contribution < 1.29 is 49.2 Å². The molecule has 6 nitrogen and oxygen atoms in total. The minimum atomic E-state index is -6.43. The third-order valence-corrected chi connectivity index (χ3v) is 5.78. The molecule has 12 heteroatoms. The number of hydrogen-bond acceptors (Lipinski definition) is 5. The summed E-state index contributed by atoms with van der Waals surface area (Å²) in [6.07, 6.45) is -9.12. The lowest BCUT2D eigenvalue weighted by atomic mass is 9.65. The first kappa shape index (κ1) is 17.8. The maximum absolute atomic E-state index is 13.4. The normalized spacial score (nSPS) is 36.8. The molecule has 0 aromatic heterocycles. The van der Waals surface area contributed by atoms with Crippen molar-refractivity contribution in [3.8, 4) is 0 Å². The predicted octanol–water partition coefficient (Wildman–Crippen LogP) is 1.75. The Balaban J connectivity index is 1.80. The SMILES string of the molecule is O=C(OC(C(F)(F)F)C(F)(F)S(=O)(=O)O)C1CC2CCC1C1OC21. The van der Waals surface area contributed by atoms with Crippen LogP contribution >= 0.6 is 0 Å². The highest BCUT2D eigenvalue weighted by molar-refractivity contribution is 7.86. The van der Waals surface area contributed by atoms with Crippen LogP contribution in [0.3, 0.4) is 0 Å². The molecule has 4 aliphatic rings. The fraction of sp³-hybridized carbons (Fsp3) is 0.917. The van der Waals surface area contributed by atoms with E-state index in [0.29, 0.717) is 6.42 Å². The van der Waals surface area contributed by atoms with Crippen molar-refractivity contribution in [1.82, 2.24) is 0 Å². The highest BCUT2D eigenvalue weighted by Gasteiger charge is 2.67. The molecule has 4 rings (SSSR count). The number of alkyl halides is 5. The van der Waals surface area contributed by atoms with Gasteiger partial charge in [-0.15, -0.1) is 0 Å². The zero-order valence-electron chi connectivity index (χ0n) is 11.9. The van der Waals surface area contributed by atoms with Crippen LogP contribution in [0.5, 0.6) is 0 Å². The first-order valence-electron chi connectivity index (χ1n) is 7.11. The smallest absolute Gasteiger partial charge is 0.432 e. The number of rotatable bonds is 4. The highest BCUT2D eigenvalue weighted by Crippen LogP contribution is 2.56. The molecular weight excluding hydrogens is 367 g/mol. The first-order valence-corrected chi connectivity index (χ1v) is 8.55. The number of epoxide rings is 1.